The zero-order chi connectivity index (χ0) is 18.5. The van der Waals surface area contributed by atoms with Gasteiger partial charge in [-0.3, -0.25) is 9.80 Å². The quantitative estimate of drug-likeness (QED) is 0.753. The summed E-state index contributed by atoms with van der Waals surface area (Å²) in [6, 6.07) is 13.7. The van der Waals surface area contributed by atoms with Crippen molar-refractivity contribution in [2.75, 3.05) is 21.3 Å². The number of anilines is 2. The van der Waals surface area contributed by atoms with Crippen LogP contribution in [0.2, 0.25) is 5.02 Å². The van der Waals surface area contributed by atoms with Gasteiger partial charge in [0.25, 0.3) is 0 Å². The number of carbonyl (C=O) groups excluding carboxylic acids is 1. The van der Waals surface area contributed by atoms with E-state index >= 15 is 0 Å². The molecule has 2 fully saturated rings. The van der Waals surface area contributed by atoms with Gasteiger partial charge in [0.2, 0.25) is 0 Å². The molecule has 2 aliphatic rings. The molecule has 2 heterocycles. The molecule has 2 aromatic carbocycles. The van der Waals surface area contributed by atoms with E-state index in [4.69, 9.17) is 11.6 Å². The maximum Gasteiger partial charge on any atom is 0.329 e. The van der Waals surface area contributed by atoms with Crippen LogP contribution >= 0.6 is 11.6 Å². The predicted octanol–water partition coefficient (Wildman–Crippen LogP) is 3.51. The number of amides is 2. The van der Waals surface area contributed by atoms with Crippen molar-refractivity contribution >= 4 is 38.8 Å². The van der Waals surface area contributed by atoms with Gasteiger partial charge in [-0.15, -0.1) is 0 Å². The highest BCUT2D eigenvalue weighted by atomic mass is 35.5. The Kier molecular flexibility index (Phi) is 4.20. The molecule has 5 nitrogen and oxygen atoms in total. The average Bonchev–Trinajstić information content (AvgIpc) is 3.05. The van der Waals surface area contributed by atoms with E-state index in [9.17, 15) is 13.2 Å². The summed E-state index contributed by atoms with van der Waals surface area (Å²) in [4.78, 5) is 16.4. The highest BCUT2D eigenvalue weighted by Crippen LogP contribution is 2.38. The molecule has 136 valence electrons. The highest BCUT2D eigenvalue weighted by molar-refractivity contribution is 7.91. The van der Waals surface area contributed by atoms with Gasteiger partial charge in [0.15, 0.2) is 9.84 Å². The number of benzene rings is 2. The highest BCUT2D eigenvalue weighted by Gasteiger charge is 2.54. The van der Waals surface area contributed by atoms with Crippen molar-refractivity contribution in [3.8, 4) is 0 Å². The first-order chi connectivity index (χ1) is 12.4. The van der Waals surface area contributed by atoms with Gasteiger partial charge in [-0.1, -0.05) is 30.7 Å². The van der Waals surface area contributed by atoms with Crippen LogP contribution in [0.4, 0.5) is 16.2 Å². The van der Waals surface area contributed by atoms with Crippen LogP contribution in [0.1, 0.15) is 12.5 Å². The van der Waals surface area contributed by atoms with E-state index in [2.05, 4.69) is 6.92 Å². The Bertz CT molecular complexity index is 942. The van der Waals surface area contributed by atoms with Crippen molar-refractivity contribution < 1.29 is 13.2 Å². The smallest absolute Gasteiger partial charge is 0.288 e. The fourth-order valence-electron chi connectivity index (χ4n) is 3.80. The van der Waals surface area contributed by atoms with Crippen molar-refractivity contribution in [1.82, 2.24) is 0 Å². The minimum atomic E-state index is -3.19. The molecule has 7 heteroatoms. The summed E-state index contributed by atoms with van der Waals surface area (Å²) in [5.41, 5.74) is 2.57. The summed E-state index contributed by atoms with van der Waals surface area (Å²) < 4.78 is 24.5. The molecule has 2 unspecified atom stereocenters. The van der Waals surface area contributed by atoms with Crippen molar-refractivity contribution in [2.24, 2.45) is 0 Å². The number of hydrogen-bond donors (Lipinski definition) is 0. The Labute approximate surface area is 158 Å². The van der Waals surface area contributed by atoms with Gasteiger partial charge in [-0.05, 0) is 48.4 Å². The lowest BCUT2D eigenvalue weighted by molar-refractivity contribution is 0.255. The van der Waals surface area contributed by atoms with Crippen LogP contribution in [-0.2, 0) is 16.3 Å². The Balaban J connectivity index is 1.77. The number of urea groups is 1. The molecule has 2 atom stereocenters. The molecule has 0 radical (unpaired) electrons. The zero-order valence-electron chi connectivity index (χ0n) is 14.3. The van der Waals surface area contributed by atoms with Crippen molar-refractivity contribution in [1.29, 1.82) is 0 Å². The predicted molar refractivity (Wildman–Crippen MR) is 104 cm³/mol. The molecule has 4 rings (SSSR count). The van der Waals surface area contributed by atoms with Gasteiger partial charge < -0.3 is 0 Å². The second-order valence-corrected chi connectivity index (χ2v) is 9.32. The van der Waals surface area contributed by atoms with Crippen LogP contribution < -0.4 is 9.80 Å². The maximum absolute atomic E-state index is 13.2. The molecule has 2 amide bonds. The van der Waals surface area contributed by atoms with E-state index in [-0.39, 0.29) is 29.6 Å². The third-order valence-corrected chi connectivity index (χ3v) is 7.05. The van der Waals surface area contributed by atoms with Crippen molar-refractivity contribution in [2.45, 2.75) is 25.4 Å². The number of fused-ring (bicyclic) bond motifs is 1. The van der Waals surface area contributed by atoms with Gasteiger partial charge in [-0.25, -0.2) is 13.2 Å². The number of aryl methyl sites for hydroxylation is 1. The Hall–Kier alpha value is -2.05. The van der Waals surface area contributed by atoms with E-state index in [1.165, 1.54) is 5.56 Å². The summed E-state index contributed by atoms with van der Waals surface area (Å²) >= 11 is 5.95. The average molecular weight is 391 g/mol. The summed E-state index contributed by atoms with van der Waals surface area (Å²) in [6.07, 6.45) is 0.908. The molecule has 0 aliphatic carbocycles. The standard InChI is InChI=1S/C19H19ClN2O3S/c1-2-13-3-7-15(8-4-13)21-17-11-26(24,25)12-18(17)22(19(21)23)16-9-5-14(20)6-10-16/h3-10,17-18H,2,11-12H2,1H3. The lowest BCUT2D eigenvalue weighted by Gasteiger charge is -2.23. The van der Waals surface area contributed by atoms with E-state index in [1.54, 1.807) is 34.1 Å². The summed E-state index contributed by atoms with van der Waals surface area (Å²) in [5.74, 6) is -0.0292. The topological polar surface area (TPSA) is 57.7 Å². The summed E-state index contributed by atoms with van der Waals surface area (Å²) in [6.45, 7) is 2.07. The Morgan fingerprint density at radius 2 is 1.38 bits per heavy atom. The zero-order valence-corrected chi connectivity index (χ0v) is 15.9. The first kappa shape index (κ1) is 17.4. The van der Waals surface area contributed by atoms with E-state index in [0.717, 1.165) is 12.1 Å². The van der Waals surface area contributed by atoms with Crippen LogP contribution in [0, 0.1) is 0 Å². The fraction of sp³-hybridized carbons (Fsp3) is 0.316. The lowest BCUT2D eigenvalue weighted by Crippen LogP contribution is -2.37. The minimum absolute atomic E-state index is 0.0109. The molecule has 0 aromatic heterocycles. The molecule has 2 aromatic rings. The molecule has 0 N–H and O–H groups in total. The molecule has 26 heavy (non-hydrogen) atoms. The third-order valence-electron chi connectivity index (χ3n) is 5.10. The van der Waals surface area contributed by atoms with Gasteiger partial charge in [0.05, 0.1) is 23.6 Å². The van der Waals surface area contributed by atoms with Gasteiger partial charge in [0.1, 0.15) is 0 Å². The summed E-state index contributed by atoms with van der Waals surface area (Å²) in [7, 11) is -3.19. The second-order valence-electron chi connectivity index (χ2n) is 6.73. The van der Waals surface area contributed by atoms with Crippen LogP contribution in [0.15, 0.2) is 48.5 Å². The number of carbonyl (C=O) groups is 1. The molecule has 2 aliphatic heterocycles. The van der Waals surface area contributed by atoms with Crippen LogP contribution in [0.3, 0.4) is 0 Å². The second kappa shape index (κ2) is 6.28. The number of halogens is 1. The first-order valence-electron chi connectivity index (χ1n) is 8.57. The third kappa shape index (κ3) is 2.87. The number of nitrogens with zero attached hydrogens (tertiary/aromatic N) is 2. The van der Waals surface area contributed by atoms with Crippen molar-refractivity contribution in [3.63, 3.8) is 0 Å². The summed E-state index contributed by atoms with van der Waals surface area (Å²) in [5, 5.41) is 0.572. The minimum Gasteiger partial charge on any atom is -0.288 e. The Morgan fingerprint density at radius 1 is 0.923 bits per heavy atom. The number of hydrogen-bond acceptors (Lipinski definition) is 3. The number of rotatable bonds is 3. The largest absolute Gasteiger partial charge is 0.329 e. The monoisotopic (exact) mass is 390 g/mol. The van der Waals surface area contributed by atoms with Gasteiger partial charge in [0, 0.05) is 16.4 Å². The van der Waals surface area contributed by atoms with Crippen LogP contribution in [0.5, 0.6) is 0 Å². The SMILES string of the molecule is CCc1ccc(N2C(=O)N(c3ccc(Cl)cc3)C3CS(=O)(=O)CC32)cc1. The van der Waals surface area contributed by atoms with Crippen LogP contribution in [-0.4, -0.2) is 38.0 Å². The van der Waals surface area contributed by atoms with Gasteiger partial charge >= 0.3 is 6.03 Å². The van der Waals surface area contributed by atoms with Crippen LogP contribution in [0.25, 0.3) is 0 Å². The molecular weight excluding hydrogens is 372 g/mol. The molecule has 0 spiro atoms. The Morgan fingerprint density at radius 3 is 1.85 bits per heavy atom. The molecule has 0 saturated carbocycles. The molecule has 2 saturated heterocycles. The first-order valence-corrected chi connectivity index (χ1v) is 10.8. The van der Waals surface area contributed by atoms with Gasteiger partial charge in [-0.2, -0.15) is 0 Å². The molecule has 0 bridgehead atoms. The fourth-order valence-corrected chi connectivity index (χ4v) is 5.85. The normalized spacial score (nSPS) is 24.2. The van der Waals surface area contributed by atoms with E-state index in [0.29, 0.717) is 10.7 Å². The number of sulfone groups is 1. The molecular formula is C19H19ClN2O3S. The van der Waals surface area contributed by atoms with E-state index < -0.39 is 9.84 Å². The maximum atomic E-state index is 13.2. The lowest BCUT2D eigenvalue weighted by atomic mass is 10.1. The van der Waals surface area contributed by atoms with Crippen molar-refractivity contribution in [3.05, 3.63) is 59.1 Å². The van der Waals surface area contributed by atoms with E-state index in [1.807, 2.05) is 24.3 Å².